The van der Waals surface area contributed by atoms with Gasteiger partial charge in [0.25, 0.3) is 0 Å². The SMILES string of the molecule is COc1cc(NS(=O)(=O)CCCCO)cc(OC)c1. The second-order valence-corrected chi connectivity index (χ2v) is 5.79. The molecule has 0 unspecified atom stereocenters. The third-order valence-corrected chi connectivity index (χ3v) is 3.82. The maximum atomic E-state index is 11.8. The standard InChI is InChI=1S/C12H19NO5S/c1-17-11-7-10(8-12(9-11)18-2)13-19(15,16)6-4-3-5-14/h7-9,13-14H,3-6H2,1-2H3. The van der Waals surface area contributed by atoms with E-state index in [0.717, 1.165) is 0 Å². The molecule has 7 heteroatoms. The highest BCUT2D eigenvalue weighted by molar-refractivity contribution is 7.92. The van der Waals surface area contributed by atoms with Crippen molar-refractivity contribution in [3.8, 4) is 11.5 Å². The van der Waals surface area contributed by atoms with E-state index in [-0.39, 0.29) is 12.4 Å². The largest absolute Gasteiger partial charge is 0.497 e. The molecule has 0 aliphatic carbocycles. The first kappa shape index (κ1) is 15.6. The van der Waals surface area contributed by atoms with Crippen LogP contribution in [-0.4, -0.2) is 40.1 Å². The molecule has 0 atom stereocenters. The Morgan fingerprint density at radius 2 is 1.68 bits per heavy atom. The van der Waals surface area contributed by atoms with Gasteiger partial charge < -0.3 is 14.6 Å². The number of methoxy groups -OCH3 is 2. The maximum Gasteiger partial charge on any atom is 0.232 e. The molecular weight excluding hydrogens is 270 g/mol. The first-order chi connectivity index (χ1) is 9.00. The fourth-order valence-corrected chi connectivity index (χ4v) is 2.66. The first-order valence-corrected chi connectivity index (χ1v) is 7.50. The van der Waals surface area contributed by atoms with Crippen LogP contribution in [-0.2, 0) is 10.0 Å². The molecule has 0 heterocycles. The fourth-order valence-electron chi connectivity index (χ4n) is 1.50. The number of nitrogens with one attached hydrogen (secondary N) is 1. The van der Waals surface area contributed by atoms with Gasteiger partial charge in [-0.2, -0.15) is 0 Å². The van der Waals surface area contributed by atoms with Crippen molar-refractivity contribution in [3.05, 3.63) is 18.2 Å². The molecule has 0 radical (unpaired) electrons. The molecule has 0 saturated carbocycles. The highest BCUT2D eigenvalue weighted by Gasteiger charge is 2.11. The number of unbranched alkanes of at least 4 members (excludes halogenated alkanes) is 1. The lowest BCUT2D eigenvalue weighted by Gasteiger charge is -2.11. The van der Waals surface area contributed by atoms with Crippen molar-refractivity contribution in [1.82, 2.24) is 0 Å². The van der Waals surface area contributed by atoms with Crippen LogP contribution >= 0.6 is 0 Å². The molecular formula is C12H19NO5S. The van der Waals surface area contributed by atoms with Gasteiger partial charge in [-0.3, -0.25) is 4.72 Å². The Kier molecular flexibility index (Phi) is 5.91. The minimum absolute atomic E-state index is 0.0114. The maximum absolute atomic E-state index is 11.8. The van der Waals surface area contributed by atoms with Gasteiger partial charge in [-0.25, -0.2) is 8.42 Å². The van der Waals surface area contributed by atoms with Crippen LogP contribution in [0.5, 0.6) is 11.5 Å². The smallest absolute Gasteiger partial charge is 0.232 e. The van der Waals surface area contributed by atoms with Crippen molar-refractivity contribution in [2.24, 2.45) is 0 Å². The van der Waals surface area contributed by atoms with Crippen LogP contribution in [0.3, 0.4) is 0 Å². The van der Waals surface area contributed by atoms with Gasteiger partial charge in [0, 0.05) is 24.8 Å². The van der Waals surface area contributed by atoms with Crippen molar-refractivity contribution in [2.45, 2.75) is 12.8 Å². The predicted molar refractivity (Wildman–Crippen MR) is 73.3 cm³/mol. The van der Waals surface area contributed by atoms with Crippen molar-refractivity contribution in [1.29, 1.82) is 0 Å². The van der Waals surface area contributed by atoms with E-state index in [1.807, 2.05) is 0 Å². The zero-order chi connectivity index (χ0) is 14.3. The molecule has 1 aromatic rings. The molecule has 6 nitrogen and oxygen atoms in total. The van der Waals surface area contributed by atoms with E-state index in [2.05, 4.69) is 4.72 Å². The monoisotopic (exact) mass is 289 g/mol. The van der Waals surface area contributed by atoms with Crippen LogP contribution in [0.4, 0.5) is 5.69 Å². The van der Waals surface area contributed by atoms with E-state index in [0.29, 0.717) is 30.0 Å². The van der Waals surface area contributed by atoms with Gasteiger partial charge in [-0.15, -0.1) is 0 Å². The van der Waals surface area contributed by atoms with E-state index in [9.17, 15) is 8.42 Å². The molecule has 0 fully saturated rings. The molecule has 0 spiro atoms. The average Bonchev–Trinajstić information content (AvgIpc) is 2.37. The lowest BCUT2D eigenvalue weighted by atomic mass is 10.3. The molecule has 19 heavy (non-hydrogen) atoms. The minimum atomic E-state index is -3.43. The van der Waals surface area contributed by atoms with Crippen molar-refractivity contribution >= 4 is 15.7 Å². The molecule has 0 aromatic heterocycles. The fraction of sp³-hybridized carbons (Fsp3) is 0.500. The Bertz CT molecular complexity index is 479. The number of rotatable bonds is 8. The van der Waals surface area contributed by atoms with Gasteiger partial charge in [0.05, 0.1) is 25.7 Å². The Labute approximate surface area is 113 Å². The Morgan fingerprint density at radius 1 is 1.11 bits per heavy atom. The predicted octanol–water partition coefficient (Wildman–Crippen LogP) is 1.22. The van der Waals surface area contributed by atoms with E-state index in [4.69, 9.17) is 14.6 Å². The summed E-state index contributed by atoms with van der Waals surface area (Å²) in [6, 6.07) is 4.81. The van der Waals surface area contributed by atoms with Crippen LogP contribution in [0.2, 0.25) is 0 Å². The molecule has 1 rings (SSSR count). The Morgan fingerprint density at radius 3 is 2.16 bits per heavy atom. The van der Waals surface area contributed by atoms with E-state index in [1.165, 1.54) is 14.2 Å². The summed E-state index contributed by atoms with van der Waals surface area (Å²) in [5.74, 6) is 0.979. The van der Waals surface area contributed by atoms with Gasteiger partial charge >= 0.3 is 0 Å². The number of aliphatic hydroxyl groups is 1. The third kappa shape index (κ3) is 5.35. The highest BCUT2D eigenvalue weighted by Crippen LogP contribution is 2.26. The molecule has 108 valence electrons. The second-order valence-electron chi connectivity index (χ2n) is 3.95. The Hall–Kier alpha value is -1.47. The summed E-state index contributed by atoms with van der Waals surface area (Å²) in [5, 5.41) is 8.64. The molecule has 0 aliphatic rings. The first-order valence-electron chi connectivity index (χ1n) is 5.85. The quantitative estimate of drug-likeness (QED) is 0.703. The van der Waals surface area contributed by atoms with Gasteiger partial charge in [-0.1, -0.05) is 0 Å². The molecule has 1 aromatic carbocycles. The van der Waals surface area contributed by atoms with E-state index in [1.54, 1.807) is 18.2 Å². The normalized spacial score (nSPS) is 11.1. The van der Waals surface area contributed by atoms with Crippen LogP contribution in [0.15, 0.2) is 18.2 Å². The molecule has 0 amide bonds. The summed E-state index contributed by atoms with van der Waals surface area (Å²) >= 11 is 0. The number of anilines is 1. The summed E-state index contributed by atoms with van der Waals surface area (Å²) < 4.78 is 36.2. The lowest BCUT2D eigenvalue weighted by Crippen LogP contribution is -2.17. The number of hydrogen-bond acceptors (Lipinski definition) is 5. The van der Waals surface area contributed by atoms with Crippen molar-refractivity contribution in [2.75, 3.05) is 31.3 Å². The molecule has 0 bridgehead atoms. The van der Waals surface area contributed by atoms with Gasteiger partial charge in [0.2, 0.25) is 10.0 Å². The molecule has 0 saturated heterocycles. The zero-order valence-electron chi connectivity index (χ0n) is 11.0. The van der Waals surface area contributed by atoms with Crippen LogP contribution in [0.25, 0.3) is 0 Å². The Balaban J connectivity index is 2.80. The number of benzene rings is 1. The van der Waals surface area contributed by atoms with E-state index >= 15 is 0 Å². The van der Waals surface area contributed by atoms with E-state index < -0.39 is 10.0 Å². The molecule has 0 aliphatic heterocycles. The summed E-state index contributed by atoms with van der Waals surface area (Å²) in [5.41, 5.74) is 0.389. The summed E-state index contributed by atoms with van der Waals surface area (Å²) in [6.07, 6.45) is 0.870. The molecule has 2 N–H and O–H groups in total. The van der Waals surface area contributed by atoms with Crippen molar-refractivity contribution in [3.63, 3.8) is 0 Å². The zero-order valence-corrected chi connectivity index (χ0v) is 11.9. The number of ether oxygens (including phenoxy) is 2. The van der Waals surface area contributed by atoms with Crippen LogP contribution in [0, 0.1) is 0 Å². The second kappa shape index (κ2) is 7.20. The topological polar surface area (TPSA) is 84.9 Å². The number of sulfonamides is 1. The minimum Gasteiger partial charge on any atom is -0.497 e. The third-order valence-electron chi connectivity index (χ3n) is 2.45. The summed E-state index contributed by atoms with van der Waals surface area (Å²) in [6.45, 7) is -0.0114. The number of aliphatic hydroxyl groups excluding tert-OH is 1. The summed E-state index contributed by atoms with van der Waals surface area (Å²) in [4.78, 5) is 0. The van der Waals surface area contributed by atoms with Crippen LogP contribution in [0.1, 0.15) is 12.8 Å². The highest BCUT2D eigenvalue weighted by atomic mass is 32.2. The number of hydrogen-bond donors (Lipinski definition) is 2. The van der Waals surface area contributed by atoms with Gasteiger partial charge in [-0.05, 0) is 12.8 Å². The van der Waals surface area contributed by atoms with Gasteiger partial charge in [0.1, 0.15) is 11.5 Å². The van der Waals surface area contributed by atoms with Crippen LogP contribution < -0.4 is 14.2 Å². The summed E-state index contributed by atoms with van der Waals surface area (Å²) in [7, 11) is -0.440. The van der Waals surface area contributed by atoms with Gasteiger partial charge in [0.15, 0.2) is 0 Å². The lowest BCUT2D eigenvalue weighted by molar-refractivity contribution is 0.287. The average molecular weight is 289 g/mol. The van der Waals surface area contributed by atoms with Crippen molar-refractivity contribution < 1.29 is 23.0 Å².